The maximum atomic E-state index is 13.7. The Kier molecular flexibility index (Phi) is 11.7. The van der Waals surface area contributed by atoms with Gasteiger partial charge in [0.2, 0.25) is 5.75 Å². The van der Waals surface area contributed by atoms with Crippen molar-refractivity contribution >= 4 is 16.6 Å². The maximum absolute atomic E-state index is 13.7. The van der Waals surface area contributed by atoms with E-state index in [2.05, 4.69) is 39.8 Å². The van der Waals surface area contributed by atoms with E-state index in [9.17, 15) is 4.79 Å². The standard InChI is InChI=1S/C30H44N2O3/c1-7-10-11-12-19-32-27-21-24(31)16-17-26(27)28(35-25(8-2)9-3)29(30(32)33)34-20-18-23(6)15-13-14-22(4)5/h8,14,16-18,21H,7,9-13,15,19-20,31H2,1-6H3/b23-18+,25-8?. The number of pyridine rings is 1. The lowest BCUT2D eigenvalue weighted by molar-refractivity contribution is 0.320. The molecule has 35 heavy (non-hydrogen) atoms. The number of hydrogen-bond acceptors (Lipinski definition) is 4. The molecule has 5 nitrogen and oxygen atoms in total. The quantitative estimate of drug-likeness (QED) is 0.129. The van der Waals surface area contributed by atoms with Gasteiger partial charge >= 0.3 is 0 Å². The van der Waals surface area contributed by atoms with Gasteiger partial charge in [-0.1, -0.05) is 50.3 Å². The molecule has 0 atom stereocenters. The number of rotatable bonds is 14. The van der Waals surface area contributed by atoms with E-state index in [-0.39, 0.29) is 11.3 Å². The van der Waals surface area contributed by atoms with Crippen LogP contribution in [-0.4, -0.2) is 11.2 Å². The van der Waals surface area contributed by atoms with Crippen LogP contribution in [0.25, 0.3) is 10.9 Å². The predicted octanol–water partition coefficient (Wildman–Crippen LogP) is 7.93. The molecular formula is C30H44N2O3. The molecule has 2 N–H and O–H groups in total. The second-order valence-corrected chi connectivity index (χ2v) is 9.34. The highest BCUT2D eigenvalue weighted by Gasteiger charge is 2.21. The van der Waals surface area contributed by atoms with E-state index in [0.29, 0.717) is 24.6 Å². The summed E-state index contributed by atoms with van der Waals surface area (Å²) in [6.07, 6.45) is 13.2. The van der Waals surface area contributed by atoms with E-state index in [4.69, 9.17) is 15.2 Å². The van der Waals surface area contributed by atoms with Gasteiger partial charge in [0.25, 0.3) is 5.56 Å². The molecule has 0 aliphatic heterocycles. The summed E-state index contributed by atoms with van der Waals surface area (Å²) < 4.78 is 14.2. The summed E-state index contributed by atoms with van der Waals surface area (Å²) in [6.45, 7) is 13.4. The van der Waals surface area contributed by atoms with Gasteiger partial charge in [0.1, 0.15) is 6.61 Å². The molecular weight excluding hydrogens is 436 g/mol. The number of hydrogen-bond donors (Lipinski definition) is 1. The van der Waals surface area contributed by atoms with E-state index in [0.717, 1.165) is 61.6 Å². The van der Waals surface area contributed by atoms with Crippen molar-refractivity contribution < 1.29 is 9.47 Å². The van der Waals surface area contributed by atoms with Gasteiger partial charge in [-0.2, -0.15) is 0 Å². The summed E-state index contributed by atoms with van der Waals surface area (Å²) in [7, 11) is 0. The number of aromatic nitrogens is 1. The Bertz CT molecular complexity index is 1120. The lowest BCUT2D eigenvalue weighted by Crippen LogP contribution is -2.24. The number of benzene rings is 1. The molecule has 5 heteroatoms. The first kappa shape index (κ1) is 28.3. The van der Waals surface area contributed by atoms with Gasteiger partial charge < -0.3 is 19.8 Å². The van der Waals surface area contributed by atoms with E-state index >= 15 is 0 Å². The van der Waals surface area contributed by atoms with Crippen molar-refractivity contribution in [1.29, 1.82) is 0 Å². The van der Waals surface area contributed by atoms with Gasteiger partial charge in [0, 0.05) is 24.0 Å². The van der Waals surface area contributed by atoms with Crippen molar-refractivity contribution in [1.82, 2.24) is 4.57 Å². The van der Waals surface area contributed by atoms with Crippen LogP contribution in [-0.2, 0) is 6.54 Å². The molecule has 0 fully saturated rings. The number of nitrogen functional groups attached to an aromatic ring is 1. The molecule has 0 unspecified atom stereocenters. The average molecular weight is 481 g/mol. The number of aryl methyl sites for hydroxylation is 1. The first-order valence-electron chi connectivity index (χ1n) is 13.0. The van der Waals surface area contributed by atoms with Crippen molar-refractivity contribution in [3.05, 3.63) is 63.7 Å². The Balaban J connectivity index is 2.51. The Hall–Kier alpha value is -2.95. The Morgan fingerprint density at radius 1 is 1.06 bits per heavy atom. The minimum absolute atomic E-state index is 0.170. The third kappa shape index (κ3) is 8.34. The van der Waals surface area contributed by atoms with E-state index in [1.807, 2.05) is 38.1 Å². The molecule has 0 saturated heterocycles. The monoisotopic (exact) mass is 480 g/mol. The summed E-state index contributed by atoms with van der Waals surface area (Å²) >= 11 is 0. The zero-order valence-electron chi connectivity index (χ0n) is 22.6. The molecule has 1 heterocycles. The third-order valence-electron chi connectivity index (χ3n) is 6.09. The topological polar surface area (TPSA) is 66.5 Å². The Labute approximate surface area is 211 Å². The van der Waals surface area contributed by atoms with Crippen molar-refractivity contribution in [3.8, 4) is 11.5 Å². The van der Waals surface area contributed by atoms with Crippen LogP contribution in [0.1, 0.15) is 86.5 Å². The Morgan fingerprint density at radius 2 is 1.83 bits per heavy atom. The summed E-state index contributed by atoms with van der Waals surface area (Å²) in [6, 6.07) is 5.64. The molecule has 192 valence electrons. The number of ether oxygens (including phenoxy) is 2. The highest BCUT2D eigenvalue weighted by Crippen LogP contribution is 2.36. The zero-order valence-corrected chi connectivity index (χ0v) is 22.6. The van der Waals surface area contributed by atoms with Crippen LogP contribution in [0.2, 0.25) is 0 Å². The van der Waals surface area contributed by atoms with Crippen molar-refractivity contribution in [2.45, 2.75) is 93.0 Å². The number of fused-ring (bicyclic) bond motifs is 1. The minimum Gasteiger partial charge on any atom is -0.481 e. The van der Waals surface area contributed by atoms with Crippen molar-refractivity contribution in [2.75, 3.05) is 12.3 Å². The van der Waals surface area contributed by atoms with Crippen molar-refractivity contribution in [2.24, 2.45) is 0 Å². The fraction of sp³-hybridized carbons (Fsp3) is 0.500. The van der Waals surface area contributed by atoms with Crippen LogP contribution in [0.4, 0.5) is 5.69 Å². The third-order valence-corrected chi connectivity index (χ3v) is 6.09. The van der Waals surface area contributed by atoms with E-state index in [1.54, 1.807) is 4.57 Å². The van der Waals surface area contributed by atoms with E-state index in [1.165, 1.54) is 11.1 Å². The number of unbranched alkanes of at least 4 members (excludes halogenated alkanes) is 3. The number of nitrogens with zero attached hydrogens (tertiary/aromatic N) is 1. The van der Waals surface area contributed by atoms with Gasteiger partial charge in [-0.3, -0.25) is 4.79 Å². The smallest absolute Gasteiger partial charge is 0.297 e. The van der Waals surface area contributed by atoms with Gasteiger partial charge in [-0.25, -0.2) is 0 Å². The molecule has 2 rings (SSSR count). The average Bonchev–Trinajstić information content (AvgIpc) is 2.82. The lowest BCUT2D eigenvalue weighted by Gasteiger charge is -2.19. The lowest BCUT2D eigenvalue weighted by atomic mass is 10.1. The molecule has 0 aliphatic rings. The van der Waals surface area contributed by atoms with Crippen LogP contribution >= 0.6 is 0 Å². The summed E-state index contributed by atoms with van der Waals surface area (Å²) in [5.41, 5.74) is 9.92. The molecule has 0 radical (unpaired) electrons. The highest BCUT2D eigenvalue weighted by molar-refractivity contribution is 5.90. The summed E-state index contributed by atoms with van der Waals surface area (Å²) in [5.74, 6) is 1.53. The molecule has 2 aromatic rings. The molecule has 1 aromatic heterocycles. The van der Waals surface area contributed by atoms with Gasteiger partial charge in [-0.05, 0) is 77.3 Å². The predicted molar refractivity (Wildman–Crippen MR) is 149 cm³/mol. The fourth-order valence-electron chi connectivity index (χ4n) is 3.99. The highest BCUT2D eigenvalue weighted by atomic mass is 16.5. The SMILES string of the molecule is CC=C(CC)Oc1c(OC/C=C(\C)CCC=C(C)C)c(=O)n(CCCCCC)c2cc(N)ccc12. The molecule has 0 amide bonds. The molecule has 1 aromatic carbocycles. The second kappa shape index (κ2) is 14.4. The Morgan fingerprint density at radius 3 is 2.49 bits per heavy atom. The molecule has 0 aliphatic carbocycles. The molecule has 0 spiro atoms. The van der Waals surface area contributed by atoms with Crippen LogP contribution in [0.15, 0.2) is 58.1 Å². The zero-order chi connectivity index (χ0) is 25.8. The normalized spacial score (nSPS) is 12.2. The molecule has 0 saturated carbocycles. The van der Waals surface area contributed by atoms with Crippen LogP contribution in [0, 0.1) is 0 Å². The molecule has 0 bridgehead atoms. The maximum Gasteiger partial charge on any atom is 0.297 e. The number of nitrogens with two attached hydrogens (primary N) is 1. The van der Waals surface area contributed by atoms with Gasteiger partial charge in [0.05, 0.1) is 11.3 Å². The van der Waals surface area contributed by atoms with Crippen molar-refractivity contribution in [3.63, 3.8) is 0 Å². The largest absolute Gasteiger partial charge is 0.481 e. The second-order valence-electron chi connectivity index (χ2n) is 9.34. The number of anilines is 1. The van der Waals surface area contributed by atoms with Crippen LogP contribution < -0.4 is 20.8 Å². The van der Waals surface area contributed by atoms with Crippen LogP contribution in [0.3, 0.4) is 0 Å². The minimum atomic E-state index is -0.170. The van der Waals surface area contributed by atoms with E-state index < -0.39 is 0 Å². The fourth-order valence-corrected chi connectivity index (χ4v) is 3.99. The van der Waals surface area contributed by atoms with Gasteiger partial charge in [-0.15, -0.1) is 0 Å². The first-order chi connectivity index (χ1) is 16.8. The number of allylic oxidation sites excluding steroid dienone is 5. The summed E-state index contributed by atoms with van der Waals surface area (Å²) in [4.78, 5) is 13.7. The van der Waals surface area contributed by atoms with Crippen LogP contribution in [0.5, 0.6) is 11.5 Å². The first-order valence-corrected chi connectivity index (χ1v) is 13.0. The summed E-state index contributed by atoms with van der Waals surface area (Å²) in [5, 5.41) is 0.835. The van der Waals surface area contributed by atoms with Gasteiger partial charge in [0.15, 0.2) is 5.75 Å².